The van der Waals surface area contributed by atoms with Crippen molar-refractivity contribution < 1.29 is 17.7 Å². The molecule has 0 spiro atoms. The molecule has 3 aromatic rings. The van der Waals surface area contributed by atoms with Gasteiger partial charge in [0.2, 0.25) is 15.9 Å². The number of sulfonamides is 1. The number of benzene rings is 1. The largest absolute Gasteiger partial charge is 0.360 e. The van der Waals surface area contributed by atoms with Gasteiger partial charge in [-0.1, -0.05) is 28.6 Å². The average molecular weight is 435 g/mol. The number of nitrogens with zero attached hydrogens (tertiary/aromatic N) is 3. The summed E-state index contributed by atoms with van der Waals surface area (Å²) in [6.45, 7) is 5.76. The van der Waals surface area contributed by atoms with Crippen LogP contribution in [0.15, 0.2) is 27.6 Å². The van der Waals surface area contributed by atoms with Gasteiger partial charge in [0.15, 0.2) is 10.9 Å². The number of para-hydroxylation sites is 1. The fourth-order valence-electron chi connectivity index (χ4n) is 3.68. The zero-order valence-electron chi connectivity index (χ0n) is 16.4. The molecule has 8 nitrogen and oxygen atoms in total. The van der Waals surface area contributed by atoms with E-state index >= 15 is 0 Å². The van der Waals surface area contributed by atoms with E-state index in [9.17, 15) is 13.2 Å². The number of rotatable bonds is 4. The van der Waals surface area contributed by atoms with Gasteiger partial charge in [-0.15, -0.1) is 0 Å². The SMILES string of the molecule is Cc1noc(C)c1S(=O)(=O)N1CCC(C(=O)Nc2nc3c(C)cccc3s2)CC1. The lowest BCUT2D eigenvalue weighted by atomic mass is 9.97. The summed E-state index contributed by atoms with van der Waals surface area (Å²) in [5.41, 5.74) is 2.32. The van der Waals surface area contributed by atoms with Crippen LogP contribution < -0.4 is 5.32 Å². The van der Waals surface area contributed by atoms with Crippen molar-refractivity contribution in [3.05, 3.63) is 35.2 Å². The predicted molar refractivity (Wildman–Crippen MR) is 110 cm³/mol. The Hall–Kier alpha value is -2.30. The molecule has 0 atom stereocenters. The Labute approximate surface area is 173 Å². The number of piperidine rings is 1. The normalized spacial score (nSPS) is 16.4. The van der Waals surface area contributed by atoms with Crippen LogP contribution in [0.25, 0.3) is 10.2 Å². The third-order valence-corrected chi connectivity index (χ3v) is 8.32. The molecule has 3 heterocycles. The van der Waals surface area contributed by atoms with Crippen LogP contribution in [0.1, 0.15) is 29.9 Å². The minimum atomic E-state index is -3.68. The Morgan fingerprint density at radius 3 is 2.59 bits per heavy atom. The first kappa shape index (κ1) is 20.0. The van der Waals surface area contributed by atoms with E-state index in [-0.39, 0.29) is 35.6 Å². The molecule has 29 heavy (non-hydrogen) atoms. The Morgan fingerprint density at radius 1 is 1.24 bits per heavy atom. The summed E-state index contributed by atoms with van der Waals surface area (Å²) in [5, 5.41) is 7.22. The molecule has 1 aliphatic heterocycles. The first-order chi connectivity index (χ1) is 13.8. The van der Waals surface area contributed by atoms with Crippen molar-refractivity contribution in [1.82, 2.24) is 14.4 Å². The van der Waals surface area contributed by atoms with Crippen LogP contribution in [-0.2, 0) is 14.8 Å². The third-order valence-electron chi connectivity index (χ3n) is 5.24. The molecule has 1 aliphatic rings. The van der Waals surface area contributed by atoms with Crippen LogP contribution in [-0.4, -0.2) is 41.9 Å². The highest BCUT2D eigenvalue weighted by Gasteiger charge is 2.35. The molecule has 1 N–H and O–H groups in total. The van der Waals surface area contributed by atoms with Crippen LogP contribution in [0.4, 0.5) is 5.13 Å². The molecule has 154 valence electrons. The molecule has 2 aromatic heterocycles. The van der Waals surface area contributed by atoms with E-state index in [1.807, 2.05) is 25.1 Å². The molecule has 0 saturated carbocycles. The predicted octanol–water partition coefficient (Wildman–Crippen LogP) is 3.25. The molecule has 1 fully saturated rings. The molecule has 1 amide bonds. The van der Waals surface area contributed by atoms with Crippen molar-refractivity contribution in [1.29, 1.82) is 0 Å². The molecule has 0 unspecified atom stereocenters. The van der Waals surface area contributed by atoms with Crippen LogP contribution in [0, 0.1) is 26.7 Å². The monoisotopic (exact) mass is 434 g/mol. The molecule has 4 rings (SSSR count). The molecular formula is C19H22N4O4S2. The Morgan fingerprint density at radius 2 is 1.97 bits per heavy atom. The number of hydrogen-bond donors (Lipinski definition) is 1. The second-order valence-electron chi connectivity index (χ2n) is 7.26. The summed E-state index contributed by atoms with van der Waals surface area (Å²) in [4.78, 5) is 17.3. The number of carbonyl (C=O) groups excluding carboxylic acids is 1. The van der Waals surface area contributed by atoms with Crippen molar-refractivity contribution in [2.75, 3.05) is 18.4 Å². The van der Waals surface area contributed by atoms with E-state index in [2.05, 4.69) is 15.5 Å². The maximum Gasteiger partial charge on any atom is 0.248 e. The number of nitrogens with one attached hydrogen (secondary N) is 1. The van der Waals surface area contributed by atoms with Gasteiger partial charge in [-0.2, -0.15) is 4.31 Å². The van der Waals surface area contributed by atoms with Crippen LogP contribution in [0.3, 0.4) is 0 Å². The number of aryl methyl sites for hydroxylation is 3. The Bertz CT molecular complexity index is 1150. The van der Waals surface area contributed by atoms with Gasteiger partial charge in [-0.3, -0.25) is 4.79 Å². The zero-order chi connectivity index (χ0) is 20.8. The Kier molecular flexibility index (Phi) is 5.18. The summed E-state index contributed by atoms with van der Waals surface area (Å²) in [5.74, 6) is -0.0798. The van der Waals surface area contributed by atoms with E-state index in [1.54, 1.807) is 13.8 Å². The van der Waals surface area contributed by atoms with Gasteiger partial charge < -0.3 is 9.84 Å². The maximum atomic E-state index is 12.9. The molecule has 10 heteroatoms. The van der Waals surface area contributed by atoms with Gasteiger partial charge in [0.1, 0.15) is 10.6 Å². The lowest BCUT2D eigenvalue weighted by molar-refractivity contribution is -0.120. The van der Waals surface area contributed by atoms with Crippen LogP contribution in [0.5, 0.6) is 0 Å². The zero-order valence-corrected chi connectivity index (χ0v) is 18.1. The van der Waals surface area contributed by atoms with Crippen molar-refractivity contribution in [3.8, 4) is 0 Å². The topological polar surface area (TPSA) is 105 Å². The highest BCUT2D eigenvalue weighted by atomic mass is 32.2. The molecular weight excluding hydrogens is 412 g/mol. The second-order valence-corrected chi connectivity index (χ2v) is 10.2. The lowest BCUT2D eigenvalue weighted by Crippen LogP contribution is -2.41. The number of thiazole rings is 1. The summed E-state index contributed by atoms with van der Waals surface area (Å²) in [6.07, 6.45) is 0.913. The summed E-state index contributed by atoms with van der Waals surface area (Å²) in [6, 6.07) is 5.94. The van der Waals surface area contributed by atoms with E-state index in [4.69, 9.17) is 4.52 Å². The molecule has 0 bridgehead atoms. The van der Waals surface area contributed by atoms with Crippen LogP contribution in [0.2, 0.25) is 0 Å². The highest BCUT2D eigenvalue weighted by molar-refractivity contribution is 7.89. The lowest BCUT2D eigenvalue weighted by Gasteiger charge is -2.30. The molecule has 0 radical (unpaired) electrons. The fraction of sp³-hybridized carbons (Fsp3) is 0.421. The quantitative estimate of drug-likeness (QED) is 0.676. The van der Waals surface area contributed by atoms with Gasteiger partial charge in [-0.25, -0.2) is 13.4 Å². The number of carbonyl (C=O) groups is 1. The summed E-state index contributed by atoms with van der Waals surface area (Å²) in [7, 11) is -3.68. The van der Waals surface area contributed by atoms with E-state index in [1.165, 1.54) is 15.6 Å². The molecule has 1 saturated heterocycles. The van der Waals surface area contributed by atoms with Crippen molar-refractivity contribution >= 4 is 42.6 Å². The average Bonchev–Trinajstić information content (AvgIpc) is 3.25. The van der Waals surface area contributed by atoms with E-state index in [0.29, 0.717) is 23.7 Å². The van der Waals surface area contributed by atoms with Gasteiger partial charge in [0, 0.05) is 19.0 Å². The van der Waals surface area contributed by atoms with Crippen LogP contribution >= 0.6 is 11.3 Å². The highest BCUT2D eigenvalue weighted by Crippen LogP contribution is 2.30. The smallest absolute Gasteiger partial charge is 0.248 e. The number of aromatic nitrogens is 2. The van der Waals surface area contributed by atoms with Gasteiger partial charge in [-0.05, 0) is 45.2 Å². The van der Waals surface area contributed by atoms with Gasteiger partial charge in [0.05, 0.1) is 10.2 Å². The molecule has 1 aromatic carbocycles. The third kappa shape index (κ3) is 3.67. The summed E-state index contributed by atoms with van der Waals surface area (Å²) < 4.78 is 33.3. The van der Waals surface area contributed by atoms with Gasteiger partial charge in [0.25, 0.3) is 0 Å². The van der Waals surface area contributed by atoms with E-state index < -0.39 is 10.0 Å². The van der Waals surface area contributed by atoms with Gasteiger partial charge >= 0.3 is 0 Å². The molecule has 0 aliphatic carbocycles. The minimum Gasteiger partial charge on any atom is -0.360 e. The first-order valence-electron chi connectivity index (χ1n) is 9.37. The first-order valence-corrected chi connectivity index (χ1v) is 11.6. The number of fused-ring (bicyclic) bond motifs is 1. The minimum absolute atomic E-state index is 0.115. The standard InChI is InChI=1S/C19H22N4O4S2/c1-11-5-4-6-15-16(11)20-19(28-15)21-18(24)14-7-9-23(10-8-14)29(25,26)17-12(2)22-27-13(17)3/h4-6,14H,7-10H2,1-3H3,(H,20,21,24). The van der Waals surface area contributed by atoms with Crippen molar-refractivity contribution in [2.24, 2.45) is 5.92 Å². The maximum absolute atomic E-state index is 12.9. The van der Waals surface area contributed by atoms with Crippen molar-refractivity contribution in [2.45, 2.75) is 38.5 Å². The summed E-state index contributed by atoms with van der Waals surface area (Å²) >= 11 is 1.44. The number of amides is 1. The Balaban J connectivity index is 1.42. The van der Waals surface area contributed by atoms with E-state index in [0.717, 1.165) is 15.8 Å². The fourth-order valence-corrected chi connectivity index (χ4v) is 6.39. The van der Waals surface area contributed by atoms with Crippen molar-refractivity contribution in [3.63, 3.8) is 0 Å². The number of hydrogen-bond acceptors (Lipinski definition) is 7. The number of anilines is 1. The second kappa shape index (κ2) is 7.51.